The summed E-state index contributed by atoms with van der Waals surface area (Å²) < 4.78 is 5.78. The number of aromatic nitrogens is 1. The van der Waals surface area contributed by atoms with Gasteiger partial charge in [0.25, 0.3) is 0 Å². The molecule has 106 valence electrons. The van der Waals surface area contributed by atoms with Crippen LogP contribution in [0, 0.1) is 5.92 Å². The normalized spacial score (nSPS) is 12.3. The molecule has 4 nitrogen and oxygen atoms in total. The molecule has 0 saturated carbocycles. The number of amides is 1. The first-order chi connectivity index (χ1) is 9.01. The molecule has 1 N–H and O–H groups in total. The van der Waals surface area contributed by atoms with Crippen LogP contribution in [0.15, 0.2) is 18.3 Å². The summed E-state index contributed by atoms with van der Waals surface area (Å²) in [7, 11) is 0. The van der Waals surface area contributed by atoms with Gasteiger partial charge in [-0.25, -0.2) is 4.98 Å². The SMILES string of the molecule is CCC(=O)NCc1ccnc(O[C@H](C)CC(C)C)c1. The van der Waals surface area contributed by atoms with E-state index in [1.807, 2.05) is 26.0 Å². The third-order valence-electron chi connectivity index (χ3n) is 2.74. The average Bonchev–Trinajstić information content (AvgIpc) is 2.35. The average molecular weight is 264 g/mol. The lowest BCUT2D eigenvalue weighted by Gasteiger charge is -2.16. The van der Waals surface area contributed by atoms with E-state index in [0.29, 0.717) is 24.8 Å². The quantitative estimate of drug-likeness (QED) is 0.823. The van der Waals surface area contributed by atoms with Crippen LogP contribution in [0.25, 0.3) is 0 Å². The Morgan fingerprint density at radius 2 is 2.16 bits per heavy atom. The molecule has 0 radical (unpaired) electrons. The van der Waals surface area contributed by atoms with Crippen LogP contribution in [-0.2, 0) is 11.3 Å². The minimum Gasteiger partial charge on any atom is -0.475 e. The number of nitrogens with one attached hydrogen (secondary N) is 1. The Labute approximate surface area is 115 Å². The molecule has 19 heavy (non-hydrogen) atoms. The molecule has 0 bridgehead atoms. The van der Waals surface area contributed by atoms with Gasteiger partial charge in [0, 0.05) is 25.2 Å². The number of hydrogen-bond donors (Lipinski definition) is 1. The molecule has 1 amide bonds. The number of rotatable bonds is 7. The second kappa shape index (κ2) is 7.77. The zero-order chi connectivity index (χ0) is 14.3. The molecule has 0 aliphatic rings. The van der Waals surface area contributed by atoms with Gasteiger partial charge in [0.15, 0.2) is 0 Å². The Hall–Kier alpha value is -1.58. The van der Waals surface area contributed by atoms with E-state index in [1.54, 1.807) is 6.20 Å². The third-order valence-corrected chi connectivity index (χ3v) is 2.74. The number of nitrogens with zero attached hydrogens (tertiary/aromatic N) is 1. The first kappa shape index (κ1) is 15.5. The molecule has 1 aromatic heterocycles. The zero-order valence-corrected chi connectivity index (χ0v) is 12.3. The van der Waals surface area contributed by atoms with Crippen LogP contribution >= 0.6 is 0 Å². The summed E-state index contributed by atoms with van der Waals surface area (Å²) in [6.07, 6.45) is 3.36. The fraction of sp³-hybridized carbons (Fsp3) is 0.600. The molecular weight excluding hydrogens is 240 g/mol. The Morgan fingerprint density at radius 3 is 2.79 bits per heavy atom. The molecule has 0 saturated heterocycles. The van der Waals surface area contributed by atoms with Crippen LogP contribution in [0.3, 0.4) is 0 Å². The first-order valence-electron chi connectivity index (χ1n) is 6.89. The lowest BCUT2D eigenvalue weighted by Crippen LogP contribution is -2.21. The Bertz CT molecular complexity index is 405. The molecule has 1 atom stereocenters. The largest absolute Gasteiger partial charge is 0.475 e. The standard InChI is InChI=1S/C15H24N2O2/c1-5-14(18)17-10-13-6-7-16-15(9-13)19-12(4)8-11(2)3/h6-7,9,11-12H,5,8,10H2,1-4H3,(H,17,18)/t12-/m1/s1. The van der Waals surface area contributed by atoms with Crippen molar-refractivity contribution in [1.82, 2.24) is 10.3 Å². The van der Waals surface area contributed by atoms with Crippen LogP contribution < -0.4 is 10.1 Å². The van der Waals surface area contributed by atoms with E-state index < -0.39 is 0 Å². The number of carbonyl (C=O) groups is 1. The molecule has 1 heterocycles. The predicted octanol–water partition coefficient (Wildman–Crippen LogP) is 2.92. The second-order valence-electron chi connectivity index (χ2n) is 5.19. The van der Waals surface area contributed by atoms with Gasteiger partial charge in [0.05, 0.1) is 6.10 Å². The van der Waals surface area contributed by atoms with Gasteiger partial charge in [0.1, 0.15) is 0 Å². The smallest absolute Gasteiger partial charge is 0.219 e. The van der Waals surface area contributed by atoms with Gasteiger partial charge in [-0.15, -0.1) is 0 Å². The van der Waals surface area contributed by atoms with Gasteiger partial charge in [-0.2, -0.15) is 0 Å². The van der Waals surface area contributed by atoms with Crippen molar-refractivity contribution in [2.24, 2.45) is 5.92 Å². The molecule has 0 fully saturated rings. The molecule has 0 spiro atoms. The summed E-state index contributed by atoms with van der Waals surface area (Å²) in [5, 5.41) is 2.84. The van der Waals surface area contributed by atoms with E-state index in [9.17, 15) is 4.79 Å². The van der Waals surface area contributed by atoms with Crippen LogP contribution in [0.2, 0.25) is 0 Å². The van der Waals surface area contributed by atoms with Crippen LogP contribution in [0.4, 0.5) is 0 Å². The lowest BCUT2D eigenvalue weighted by molar-refractivity contribution is -0.120. The van der Waals surface area contributed by atoms with Gasteiger partial charge >= 0.3 is 0 Å². The first-order valence-corrected chi connectivity index (χ1v) is 6.89. The summed E-state index contributed by atoms with van der Waals surface area (Å²) in [6.45, 7) is 8.75. The van der Waals surface area contributed by atoms with Crippen molar-refractivity contribution in [1.29, 1.82) is 0 Å². The van der Waals surface area contributed by atoms with Crippen molar-refractivity contribution >= 4 is 5.91 Å². The van der Waals surface area contributed by atoms with Crippen molar-refractivity contribution in [2.75, 3.05) is 0 Å². The van der Waals surface area contributed by atoms with Crippen molar-refractivity contribution in [3.8, 4) is 5.88 Å². The van der Waals surface area contributed by atoms with E-state index in [1.165, 1.54) is 0 Å². The summed E-state index contributed by atoms with van der Waals surface area (Å²) in [5.41, 5.74) is 1.00. The number of pyridine rings is 1. The fourth-order valence-electron chi connectivity index (χ4n) is 1.87. The molecule has 1 aromatic rings. The second-order valence-corrected chi connectivity index (χ2v) is 5.19. The van der Waals surface area contributed by atoms with Gasteiger partial charge < -0.3 is 10.1 Å². The highest BCUT2D eigenvalue weighted by atomic mass is 16.5. The maximum absolute atomic E-state index is 11.2. The monoisotopic (exact) mass is 264 g/mol. The van der Waals surface area contributed by atoms with Crippen LogP contribution in [0.5, 0.6) is 5.88 Å². The highest BCUT2D eigenvalue weighted by Crippen LogP contribution is 2.14. The van der Waals surface area contributed by atoms with Crippen molar-refractivity contribution in [2.45, 2.75) is 53.2 Å². The third kappa shape index (κ3) is 6.22. The predicted molar refractivity (Wildman–Crippen MR) is 75.9 cm³/mol. The maximum atomic E-state index is 11.2. The minimum absolute atomic E-state index is 0.0486. The fourth-order valence-corrected chi connectivity index (χ4v) is 1.87. The minimum atomic E-state index is 0.0486. The summed E-state index contributed by atoms with van der Waals surface area (Å²) >= 11 is 0. The highest BCUT2D eigenvalue weighted by molar-refractivity contribution is 5.75. The van der Waals surface area contributed by atoms with Crippen molar-refractivity contribution in [3.63, 3.8) is 0 Å². The van der Waals surface area contributed by atoms with Crippen LogP contribution in [-0.4, -0.2) is 17.0 Å². The van der Waals surface area contributed by atoms with E-state index in [2.05, 4.69) is 24.1 Å². The zero-order valence-electron chi connectivity index (χ0n) is 12.3. The van der Waals surface area contributed by atoms with E-state index in [4.69, 9.17) is 4.74 Å². The van der Waals surface area contributed by atoms with Gasteiger partial charge in [-0.1, -0.05) is 20.8 Å². The van der Waals surface area contributed by atoms with Crippen molar-refractivity contribution < 1.29 is 9.53 Å². The Balaban J connectivity index is 2.54. The summed E-state index contributed by atoms with van der Waals surface area (Å²) in [5.74, 6) is 1.27. The molecule has 1 rings (SSSR count). The molecule has 0 aliphatic heterocycles. The highest BCUT2D eigenvalue weighted by Gasteiger charge is 2.08. The van der Waals surface area contributed by atoms with Gasteiger partial charge in [-0.05, 0) is 30.9 Å². The van der Waals surface area contributed by atoms with E-state index in [0.717, 1.165) is 12.0 Å². The number of carbonyl (C=O) groups excluding carboxylic acids is 1. The summed E-state index contributed by atoms with van der Waals surface area (Å²) in [4.78, 5) is 15.4. The molecule has 0 aromatic carbocycles. The van der Waals surface area contributed by atoms with E-state index in [-0.39, 0.29) is 12.0 Å². The topological polar surface area (TPSA) is 51.2 Å². The Kier molecular flexibility index (Phi) is 6.33. The maximum Gasteiger partial charge on any atom is 0.219 e. The van der Waals surface area contributed by atoms with Gasteiger partial charge in [0.2, 0.25) is 11.8 Å². The molecule has 0 unspecified atom stereocenters. The van der Waals surface area contributed by atoms with Gasteiger partial charge in [-0.3, -0.25) is 4.79 Å². The van der Waals surface area contributed by atoms with Crippen LogP contribution in [0.1, 0.15) is 46.1 Å². The Morgan fingerprint density at radius 1 is 1.42 bits per heavy atom. The molecule has 4 heteroatoms. The lowest BCUT2D eigenvalue weighted by atomic mass is 10.1. The van der Waals surface area contributed by atoms with E-state index >= 15 is 0 Å². The molecular formula is C15H24N2O2. The molecule has 0 aliphatic carbocycles. The summed E-state index contributed by atoms with van der Waals surface area (Å²) in [6, 6.07) is 3.77. The number of ether oxygens (including phenoxy) is 1. The number of hydrogen-bond acceptors (Lipinski definition) is 3. The van der Waals surface area contributed by atoms with Crippen molar-refractivity contribution in [3.05, 3.63) is 23.9 Å².